The lowest BCUT2D eigenvalue weighted by molar-refractivity contribution is 0.0499. The summed E-state index contributed by atoms with van der Waals surface area (Å²) in [5.74, 6) is -0.336. The van der Waals surface area contributed by atoms with Crippen molar-refractivity contribution >= 4 is 17.7 Å². The minimum absolute atomic E-state index is 0.336. The summed E-state index contributed by atoms with van der Waals surface area (Å²) < 4.78 is 5.10. The molecule has 0 amide bonds. The SMILES string of the molecule is CCCCOC(=O)c1ccc(N=C=O)cc1C. The number of hydrogen-bond donors (Lipinski definition) is 0. The van der Waals surface area contributed by atoms with Gasteiger partial charge in [-0.15, -0.1) is 0 Å². The fraction of sp³-hybridized carbons (Fsp3) is 0.385. The van der Waals surface area contributed by atoms with E-state index >= 15 is 0 Å². The number of esters is 1. The third-order valence-electron chi connectivity index (χ3n) is 2.34. The molecule has 0 saturated heterocycles. The maximum Gasteiger partial charge on any atom is 0.338 e. The molecule has 0 bridgehead atoms. The fourth-order valence-electron chi connectivity index (χ4n) is 1.39. The Bertz CT molecular complexity index is 448. The van der Waals surface area contributed by atoms with Crippen LogP contribution in [0.2, 0.25) is 0 Å². The zero-order chi connectivity index (χ0) is 12.7. The molecule has 1 rings (SSSR count). The lowest BCUT2D eigenvalue weighted by atomic mass is 10.1. The summed E-state index contributed by atoms with van der Waals surface area (Å²) in [7, 11) is 0. The number of aliphatic imine (C=N–C) groups is 1. The zero-order valence-electron chi connectivity index (χ0n) is 10.0. The largest absolute Gasteiger partial charge is 0.462 e. The predicted octanol–water partition coefficient (Wildman–Crippen LogP) is 2.92. The number of benzene rings is 1. The molecular weight excluding hydrogens is 218 g/mol. The smallest absolute Gasteiger partial charge is 0.338 e. The summed E-state index contributed by atoms with van der Waals surface area (Å²) in [6.07, 6.45) is 3.31. The van der Waals surface area contributed by atoms with Crippen molar-refractivity contribution in [2.75, 3.05) is 6.61 Å². The maximum atomic E-state index is 11.7. The van der Waals surface area contributed by atoms with Gasteiger partial charge in [0, 0.05) is 0 Å². The number of unbranched alkanes of at least 4 members (excludes halogenated alkanes) is 1. The molecule has 0 saturated carbocycles. The first-order valence-corrected chi connectivity index (χ1v) is 5.54. The van der Waals surface area contributed by atoms with Crippen molar-refractivity contribution in [3.8, 4) is 0 Å². The van der Waals surface area contributed by atoms with Gasteiger partial charge < -0.3 is 4.74 Å². The monoisotopic (exact) mass is 233 g/mol. The second kappa shape index (κ2) is 6.61. The van der Waals surface area contributed by atoms with Crippen molar-refractivity contribution in [2.24, 2.45) is 4.99 Å². The van der Waals surface area contributed by atoms with Crippen LogP contribution in [0.4, 0.5) is 5.69 Å². The lowest BCUT2D eigenvalue weighted by Crippen LogP contribution is -2.07. The van der Waals surface area contributed by atoms with E-state index in [1.165, 1.54) is 6.08 Å². The van der Waals surface area contributed by atoms with Gasteiger partial charge in [0.25, 0.3) is 0 Å². The van der Waals surface area contributed by atoms with Gasteiger partial charge in [0.1, 0.15) is 0 Å². The molecule has 4 heteroatoms. The quantitative estimate of drug-likeness (QED) is 0.340. The van der Waals surface area contributed by atoms with Crippen molar-refractivity contribution in [3.63, 3.8) is 0 Å². The van der Waals surface area contributed by atoms with Crippen LogP contribution in [-0.2, 0) is 9.53 Å². The molecule has 1 aromatic rings. The van der Waals surface area contributed by atoms with Crippen LogP contribution in [0.5, 0.6) is 0 Å². The van der Waals surface area contributed by atoms with Crippen molar-refractivity contribution in [1.82, 2.24) is 0 Å². The highest BCUT2D eigenvalue weighted by Crippen LogP contribution is 2.18. The number of isocyanates is 1. The fourth-order valence-corrected chi connectivity index (χ4v) is 1.39. The zero-order valence-corrected chi connectivity index (χ0v) is 10.0. The molecule has 90 valence electrons. The van der Waals surface area contributed by atoms with Gasteiger partial charge in [-0.05, 0) is 37.1 Å². The van der Waals surface area contributed by atoms with Gasteiger partial charge in [-0.3, -0.25) is 0 Å². The Morgan fingerprint density at radius 1 is 1.47 bits per heavy atom. The van der Waals surface area contributed by atoms with Crippen LogP contribution >= 0.6 is 0 Å². The Hall–Kier alpha value is -1.93. The molecule has 0 unspecified atom stereocenters. The first-order valence-electron chi connectivity index (χ1n) is 5.54. The van der Waals surface area contributed by atoms with Gasteiger partial charge >= 0.3 is 5.97 Å². The van der Waals surface area contributed by atoms with Crippen molar-refractivity contribution < 1.29 is 14.3 Å². The summed E-state index contributed by atoms with van der Waals surface area (Å²) in [6, 6.07) is 4.86. The Labute approximate surface area is 100 Å². The number of nitrogens with zero attached hydrogens (tertiary/aromatic N) is 1. The van der Waals surface area contributed by atoms with Crippen molar-refractivity contribution in [2.45, 2.75) is 26.7 Å². The van der Waals surface area contributed by atoms with Crippen molar-refractivity contribution in [1.29, 1.82) is 0 Å². The van der Waals surface area contributed by atoms with Gasteiger partial charge in [-0.1, -0.05) is 13.3 Å². The highest BCUT2D eigenvalue weighted by atomic mass is 16.5. The third-order valence-corrected chi connectivity index (χ3v) is 2.34. The third kappa shape index (κ3) is 3.85. The van der Waals surface area contributed by atoms with E-state index in [-0.39, 0.29) is 5.97 Å². The van der Waals surface area contributed by atoms with Crippen LogP contribution < -0.4 is 0 Å². The van der Waals surface area contributed by atoms with E-state index in [0.717, 1.165) is 18.4 Å². The molecule has 1 aromatic carbocycles. The summed E-state index contributed by atoms with van der Waals surface area (Å²) in [6.45, 7) is 4.24. The molecule has 0 aromatic heterocycles. The maximum absolute atomic E-state index is 11.7. The number of rotatable bonds is 5. The minimum Gasteiger partial charge on any atom is -0.462 e. The van der Waals surface area contributed by atoms with Crippen LogP contribution in [-0.4, -0.2) is 18.7 Å². The standard InChI is InChI=1S/C13H15NO3/c1-3-4-7-17-13(16)12-6-5-11(14-9-15)8-10(12)2/h5-6,8H,3-4,7H2,1-2H3. The molecule has 0 heterocycles. The Kier molecular flexibility index (Phi) is 5.11. The van der Waals surface area contributed by atoms with Crippen LogP contribution in [0.25, 0.3) is 0 Å². The summed E-state index contributed by atoms with van der Waals surface area (Å²) in [5, 5.41) is 0. The second-order valence-electron chi connectivity index (χ2n) is 3.69. The van der Waals surface area contributed by atoms with Gasteiger partial charge in [0.05, 0.1) is 17.9 Å². The van der Waals surface area contributed by atoms with E-state index < -0.39 is 0 Å². The van der Waals surface area contributed by atoms with E-state index in [1.54, 1.807) is 25.1 Å². The van der Waals surface area contributed by atoms with Gasteiger partial charge in [-0.25, -0.2) is 9.59 Å². The van der Waals surface area contributed by atoms with Gasteiger partial charge in [0.2, 0.25) is 6.08 Å². The summed E-state index contributed by atoms with van der Waals surface area (Å²) in [4.78, 5) is 25.3. The Balaban J connectivity index is 2.77. The number of aryl methyl sites for hydroxylation is 1. The highest BCUT2D eigenvalue weighted by molar-refractivity contribution is 5.91. The molecule has 0 aliphatic heterocycles. The van der Waals surface area contributed by atoms with Gasteiger partial charge in [-0.2, -0.15) is 4.99 Å². The molecule has 0 spiro atoms. The van der Waals surface area contributed by atoms with E-state index in [4.69, 9.17) is 4.74 Å². The minimum atomic E-state index is -0.336. The lowest BCUT2D eigenvalue weighted by Gasteiger charge is -2.06. The van der Waals surface area contributed by atoms with E-state index in [9.17, 15) is 9.59 Å². The molecule has 4 nitrogen and oxygen atoms in total. The summed E-state index contributed by atoms with van der Waals surface area (Å²) in [5.41, 5.74) is 1.73. The number of hydrogen-bond acceptors (Lipinski definition) is 4. The molecule has 0 radical (unpaired) electrons. The van der Waals surface area contributed by atoms with Crippen LogP contribution in [0.1, 0.15) is 35.7 Å². The molecule has 0 aliphatic carbocycles. The highest BCUT2D eigenvalue weighted by Gasteiger charge is 2.10. The van der Waals surface area contributed by atoms with Crippen LogP contribution in [0.15, 0.2) is 23.2 Å². The molecular formula is C13H15NO3. The second-order valence-corrected chi connectivity index (χ2v) is 3.69. The van der Waals surface area contributed by atoms with E-state index in [0.29, 0.717) is 17.9 Å². The van der Waals surface area contributed by atoms with Crippen LogP contribution in [0.3, 0.4) is 0 Å². The normalized spacial score (nSPS) is 9.53. The van der Waals surface area contributed by atoms with Crippen LogP contribution in [0, 0.1) is 6.92 Å². The average Bonchev–Trinajstić information content (AvgIpc) is 2.29. The first kappa shape index (κ1) is 13.1. The molecule has 0 fully saturated rings. The van der Waals surface area contributed by atoms with Gasteiger partial charge in [0.15, 0.2) is 0 Å². The molecule has 0 atom stereocenters. The molecule has 17 heavy (non-hydrogen) atoms. The van der Waals surface area contributed by atoms with E-state index in [2.05, 4.69) is 4.99 Å². The Morgan fingerprint density at radius 3 is 2.82 bits per heavy atom. The topological polar surface area (TPSA) is 55.7 Å². The number of ether oxygens (including phenoxy) is 1. The number of carbonyl (C=O) groups is 1. The number of carbonyl (C=O) groups excluding carboxylic acids is 2. The summed E-state index contributed by atoms with van der Waals surface area (Å²) >= 11 is 0. The average molecular weight is 233 g/mol. The Morgan fingerprint density at radius 2 is 2.24 bits per heavy atom. The van der Waals surface area contributed by atoms with Crippen molar-refractivity contribution in [3.05, 3.63) is 29.3 Å². The molecule has 0 N–H and O–H groups in total. The predicted molar refractivity (Wildman–Crippen MR) is 64.2 cm³/mol. The first-order chi connectivity index (χ1) is 8.19. The van der Waals surface area contributed by atoms with E-state index in [1.807, 2.05) is 6.92 Å². The molecule has 0 aliphatic rings.